The Balaban J connectivity index is 0.00000220. The molecule has 2 N–H and O–H groups in total. The van der Waals surface area contributed by atoms with Crippen molar-refractivity contribution in [3.05, 3.63) is 28.7 Å². The maximum atomic E-state index is 11.6. The van der Waals surface area contributed by atoms with E-state index in [2.05, 4.69) is 26.6 Å². The van der Waals surface area contributed by atoms with Crippen molar-refractivity contribution in [2.75, 3.05) is 19.6 Å². The summed E-state index contributed by atoms with van der Waals surface area (Å²) in [6.45, 7) is 3.80. The molecule has 1 aliphatic carbocycles. The highest BCUT2D eigenvalue weighted by atomic mass is 79.9. The van der Waals surface area contributed by atoms with E-state index < -0.39 is 0 Å². The largest absolute Gasteiger partial charge is 0.489 e. The van der Waals surface area contributed by atoms with Gasteiger partial charge in [-0.25, -0.2) is 0 Å². The molecule has 0 heterocycles. The van der Waals surface area contributed by atoms with E-state index in [4.69, 9.17) is 4.74 Å². The zero-order valence-corrected chi connectivity index (χ0v) is 14.5. The lowest BCUT2D eigenvalue weighted by Crippen LogP contribution is -2.39. The van der Waals surface area contributed by atoms with Crippen LogP contribution in [0.2, 0.25) is 0 Å². The maximum Gasteiger partial charge on any atom is 0.234 e. The van der Waals surface area contributed by atoms with Gasteiger partial charge in [0.15, 0.2) is 0 Å². The van der Waals surface area contributed by atoms with E-state index in [0.717, 1.165) is 22.7 Å². The first-order chi connectivity index (χ1) is 9.63. The first-order valence-electron chi connectivity index (χ1n) is 7.03. The molecule has 1 atom stereocenters. The zero-order valence-electron chi connectivity index (χ0n) is 12.1. The number of benzene rings is 1. The number of nitrogens with one attached hydrogen (secondary N) is 2. The second kappa shape index (κ2) is 9.28. The fourth-order valence-corrected chi connectivity index (χ4v) is 2.22. The molecule has 0 aliphatic heterocycles. The zero-order chi connectivity index (χ0) is 14.4. The van der Waals surface area contributed by atoms with Crippen molar-refractivity contribution in [1.29, 1.82) is 0 Å². The fraction of sp³-hybridized carbons (Fsp3) is 0.533. The van der Waals surface area contributed by atoms with Crippen molar-refractivity contribution in [3.63, 3.8) is 0 Å². The molecule has 1 fully saturated rings. The van der Waals surface area contributed by atoms with E-state index in [-0.39, 0.29) is 24.4 Å². The molecule has 0 bridgehead atoms. The minimum absolute atomic E-state index is 0. The molecule has 6 heteroatoms. The van der Waals surface area contributed by atoms with Gasteiger partial charge in [-0.3, -0.25) is 4.79 Å². The normalized spacial score (nSPS) is 15.0. The van der Waals surface area contributed by atoms with E-state index in [1.54, 1.807) is 0 Å². The highest BCUT2D eigenvalue weighted by molar-refractivity contribution is 9.10. The quantitative estimate of drug-likeness (QED) is 0.732. The number of halogens is 2. The molecule has 0 aromatic heterocycles. The van der Waals surface area contributed by atoms with Crippen LogP contribution in [0.25, 0.3) is 0 Å². The van der Waals surface area contributed by atoms with Crippen LogP contribution in [0, 0.1) is 5.92 Å². The molecular weight excluding hydrogens is 356 g/mol. The van der Waals surface area contributed by atoms with Gasteiger partial charge in [0.1, 0.15) is 11.9 Å². The predicted octanol–water partition coefficient (Wildman–Crippen LogP) is 2.75. The third-order valence-electron chi connectivity index (χ3n) is 3.14. The molecule has 118 valence electrons. The van der Waals surface area contributed by atoms with Gasteiger partial charge in [-0.15, -0.1) is 12.4 Å². The van der Waals surface area contributed by atoms with Gasteiger partial charge < -0.3 is 15.4 Å². The summed E-state index contributed by atoms with van der Waals surface area (Å²) in [5, 5.41) is 6.04. The number of amides is 1. The lowest BCUT2D eigenvalue weighted by molar-refractivity contribution is -0.120. The van der Waals surface area contributed by atoms with Crippen LogP contribution >= 0.6 is 28.3 Å². The molecule has 1 aromatic carbocycles. The van der Waals surface area contributed by atoms with E-state index in [9.17, 15) is 4.79 Å². The SMILES string of the molecule is CC(CNC(=O)CNCC1CC1)Oc1cccc(Br)c1.Cl. The van der Waals surface area contributed by atoms with Crippen LogP contribution < -0.4 is 15.4 Å². The summed E-state index contributed by atoms with van der Waals surface area (Å²) < 4.78 is 6.72. The van der Waals surface area contributed by atoms with Crippen LogP contribution in [-0.2, 0) is 4.79 Å². The van der Waals surface area contributed by atoms with Crippen molar-refractivity contribution in [1.82, 2.24) is 10.6 Å². The predicted molar refractivity (Wildman–Crippen MR) is 90.1 cm³/mol. The molecule has 0 spiro atoms. The van der Waals surface area contributed by atoms with Crippen LogP contribution in [0.4, 0.5) is 0 Å². The lowest BCUT2D eigenvalue weighted by Gasteiger charge is -2.15. The molecule has 1 amide bonds. The van der Waals surface area contributed by atoms with Crippen molar-refractivity contribution >= 4 is 34.2 Å². The van der Waals surface area contributed by atoms with E-state index in [0.29, 0.717) is 13.1 Å². The molecule has 1 saturated carbocycles. The molecule has 1 aliphatic rings. The van der Waals surface area contributed by atoms with Gasteiger partial charge >= 0.3 is 0 Å². The van der Waals surface area contributed by atoms with Gasteiger partial charge in [-0.05, 0) is 50.4 Å². The number of rotatable bonds is 8. The molecule has 1 unspecified atom stereocenters. The molecular formula is C15H22BrClN2O2. The Morgan fingerprint density at radius 1 is 1.48 bits per heavy atom. The van der Waals surface area contributed by atoms with Gasteiger partial charge in [-0.2, -0.15) is 0 Å². The monoisotopic (exact) mass is 376 g/mol. The molecule has 4 nitrogen and oxygen atoms in total. The highest BCUT2D eigenvalue weighted by Crippen LogP contribution is 2.27. The Kier molecular flexibility index (Phi) is 8.07. The maximum absolute atomic E-state index is 11.6. The van der Waals surface area contributed by atoms with Gasteiger partial charge in [0.2, 0.25) is 5.91 Å². The van der Waals surface area contributed by atoms with Crippen molar-refractivity contribution in [3.8, 4) is 5.75 Å². The second-order valence-corrected chi connectivity index (χ2v) is 6.18. The average molecular weight is 378 g/mol. The third kappa shape index (κ3) is 7.69. The van der Waals surface area contributed by atoms with Gasteiger partial charge in [0.25, 0.3) is 0 Å². The van der Waals surface area contributed by atoms with Crippen LogP contribution in [0.1, 0.15) is 19.8 Å². The van der Waals surface area contributed by atoms with Gasteiger partial charge in [0, 0.05) is 4.47 Å². The number of hydrogen-bond donors (Lipinski definition) is 2. The van der Waals surface area contributed by atoms with Gasteiger partial charge in [0.05, 0.1) is 13.1 Å². The van der Waals surface area contributed by atoms with Crippen LogP contribution in [-0.4, -0.2) is 31.6 Å². The first kappa shape index (κ1) is 18.3. The Hall–Kier alpha value is -0.780. The Morgan fingerprint density at radius 2 is 2.24 bits per heavy atom. The molecule has 1 aromatic rings. The van der Waals surface area contributed by atoms with Crippen LogP contribution in [0.5, 0.6) is 5.75 Å². The summed E-state index contributed by atoms with van der Waals surface area (Å²) in [5.74, 6) is 1.62. The molecule has 0 saturated heterocycles. The van der Waals surface area contributed by atoms with E-state index in [1.165, 1.54) is 12.8 Å². The molecule has 0 radical (unpaired) electrons. The van der Waals surface area contributed by atoms with Crippen molar-refractivity contribution in [2.45, 2.75) is 25.9 Å². The minimum Gasteiger partial charge on any atom is -0.489 e. The summed E-state index contributed by atoms with van der Waals surface area (Å²) in [5.41, 5.74) is 0. The average Bonchev–Trinajstić information content (AvgIpc) is 3.20. The summed E-state index contributed by atoms with van der Waals surface area (Å²) in [6, 6.07) is 7.69. The summed E-state index contributed by atoms with van der Waals surface area (Å²) >= 11 is 3.40. The summed E-state index contributed by atoms with van der Waals surface area (Å²) in [7, 11) is 0. The summed E-state index contributed by atoms with van der Waals surface area (Å²) in [4.78, 5) is 11.6. The topological polar surface area (TPSA) is 50.4 Å². The lowest BCUT2D eigenvalue weighted by atomic mass is 10.3. The van der Waals surface area contributed by atoms with E-state index >= 15 is 0 Å². The highest BCUT2D eigenvalue weighted by Gasteiger charge is 2.20. The smallest absolute Gasteiger partial charge is 0.234 e. The Bertz CT molecular complexity index is 455. The second-order valence-electron chi connectivity index (χ2n) is 5.26. The Morgan fingerprint density at radius 3 is 2.90 bits per heavy atom. The fourth-order valence-electron chi connectivity index (χ4n) is 1.85. The summed E-state index contributed by atoms with van der Waals surface area (Å²) in [6.07, 6.45) is 2.54. The number of carbonyl (C=O) groups excluding carboxylic acids is 1. The van der Waals surface area contributed by atoms with Crippen LogP contribution in [0.15, 0.2) is 28.7 Å². The van der Waals surface area contributed by atoms with Crippen molar-refractivity contribution in [2.24, 2.45) is 5.92 Å². The van der Waals surface area contributed by atoms with Crippen LogP contribution in [0.3, 0.4) is 0 Å². The standard InChI is InChI=1S/C15H21BrN2O2.ClH/c1-11(20-14-4-2-3-13(16)7-14)8-18-15(19)10-17-9-12-5-6-12;/h2-4,7,11-12,17H,5-6,8-10H2,1H3,(H,18,19);1H. The van der Waals surface area contributed by atoms with Gasteiger partial charge in [-0.1, -0.05) is 22.0 Å². The number of carbonyl (C=O) groups is 1. The minimum atomic E-state index is -0.0586. The molecule has 21 heavy (non-hydrogen) atoms. The van der Waals surface area contributed by atoms with Crippen molar-refractivity contribution < 1.29 is 9.53 Å². The first-order valence-corrected chi connectivity index (χ1v) is 7.82. The van der Waals surface area contributed by atoms with E-state index in [1.807, 2.05) is 31.2 Å². The number of ether oxygens (including phenoxy) is 1. The Labute approximate surface area is 140 Å². The molecule has 2 rings (SSSR count). The number of hydrogen-bond acceptors (Lipinski definition) is 3. The third-order valence-corrected chi connectivity index (χ3v) is 3.63.